The second-order valence-corrected chi connectivity index (χ2v) is 5.54. The molecule has 1 aliphatic heterocycles. The molecule has 1 saturated heterocycles. The van der Waals surface area contributed by atoms with Crippen LogP contribution < -0.4 is 5.73 Å². The number of nitrogens with zero attached hydrogens (tertiary/aromatic N) is 1. The summed E-state index contributed by atoms with van der Waals surface area (Å²) in [6.07, 6.45) is 8.35. The SMILES string of the molecule is CC(C(N)=S)N1CCCC2CCCCC21. The third kappa shape index (κ3) is 2.34. The molecule has 2 N–H and O–H groups in total. The van der Waals surface area contributed by atoms with Crippen LogP contribution in [0.1, 0.15) is 45.4 Å². The standard InChI is InChI=1S/C12H22N2S/c1-9(12(13)15)14-8-4-6-10-5-2-3-7-11(10)14/h9-11H,2-8H2,1H3,(H2,13,15). The molecule has 0 aromatic carbocycles. The van der Waals surface area contributed by atoms with Gasteiger partial charge in [0.25, 0.3) is 0 Å². The monoisotopic (exact) mass is 226 g/mol. The summed E-state index contributed by atoms with van der Waals surface area (Å²) in [5.41, 5.74) is 5.78. The molecule has 2 rings (SSSR count). The van der Waals surface area contributed by atoms with Crippen LogP contribution in [-0.2, 0) is 0 Å². The maximum absolute atomic E-state index is 5.78. The van der Waals surface area contributed by atoms with Gasteiger partial charge in [-0.2, -0.15) is 0 Å². The molecule has 86 valence electrons. The highest BCUT2D eigenvalue weighted by Crippen LogP contribution is 2.36. The molecule has 3 heteroatoms. The van der Waals surface area contributed by atoms with Crippen molar-refractivity contribution in [2.24, 2.45) is 11.7 Å². The van der Waals surface area contributed by atoms with Crippen molar-refractivity contribution in [1.82, 2.24) is 4.90 Å². The quantitative estimate of drug-likeness (QED) is 0.733. The van der Waals surface area contributed by atoms with Crippen LogP contribution in [0.25, 0.3) is 0 Å². The van der Waals surface area contributed by atoms with Crippen molar-refractivity contribution in [3.63, 3.8) is 0 Å². The van der Waals surface area contributed by atoms with Gasteiger partial charge in [-0.3, -0.25) is 4.90 Å². The number of rotatable bonds is 2. The van der Waals surface area contributed by atoms with Gasteiger partial charge in [-0.25, -0.2) is 0 Å². The lowest BCUT2D eigenvalue weighted by atomic mass is 9.78. The first-order valence-electron chi connectivity index (χ1n) is 6.25. The van der Waals surface area contributed by atoms with Gasteiger partial charge in [0.15, 0.2) is 0 Å². The minimum absolute atomic E-state index is 0.297. The molecular weight excluding hydrogens is 204 g/mol. The average molecular weight is 226 g/mol. The van der Waals surface area contributed by atoms with Crippen molar-refractivity contribution in [3.8, 4) is 0 Å². The van der Waals surface area contributed by atoms with Crippen LogP contribution in [-0.4, -0.2) is 28.5 Å². The van der Waals surface area contributed by atoms with Crippen LogP contribution in [0.5, 0.6) is 0 Å². The molecule has 1 aliphatic carbocycles. The molecule has 2 nitrogen and oxygen atoms in total. The van der Waals surface area contributed by atoms with Crippen molar-refractivity contribution in [2.75, 3.05) is 6.54 Å². The molecule has 2 fully saturated rings. The molecule has 2 aliphatic rings. The molecular formula is C12H22N2S. The normalized spacial score (nSPS) is 34.5. The predicted molar refractivity (Wildman–Crippen MR) is 67.9 cm³/mol. The number of hydrogen-bond donors (Lipinski definition) is 1. The van der Waals surface area contributed by atoms with E-state index in [1.807, 2.05) is 0 Å². The van der Waals surface area contributed by atoms with Crippen molar-refractivity contribution in [1.29, 1.82) is 0 Å². The highest BCUT2D eigenvalue weighted by molar-refractivity contribution is 7.80. The second-order valence-electron chi connectivity index (χ2n) is 5.07. The number of piperidine rings is 1. The summed E-state index contributed by atoms with van der Waals surface area (Å²) in [5.74, 6) is 0.921. The number of nitrogens with two attached hydrogens (primary N) is 1. The topological polar surface area (TPSA) is 29.3 Å². The number of likely N-dealkylation sites (tertiary alicyclic amines) is 1. The molecule has 1 saturated carbocycles. The fourth-order valence-electron chi connectivity index (χ4n) is 3.31. The summed E-state index contributed by atoms with van der Waals surface area (Å²) in [6, 6.07) is 1.06. The Labute approximate surface area is 98.2 Å². The van der Waals surface area contributed by atoms with Crippen LogP contribution >= 0.6 is 12.2 Å². The van der Waals surface area contributed by atoms with Crippen LogP contribution in [0.2, 0.25) is 0 Å². The van der Waals surface area contributed by atoms with Gasteiger partial charge in [-0.15, -0.1) is 0 Å². The molecule has 0 aromatic heterocycles. The molecule has 0 amide bonds. The van der Waals surface area contributed by atoms with Crippen molar-refractivity contribution < 1.29 is 0 Å². The zero-order valence-corrected chi connectivity index (χ0v) is 10.4. The summed E-state index contributed by atoms with van der Waals surface area (Å²) in [5, 5.41) is 0. The Balaban J connectivity index is 2.06. The summed E-state index contributed by atoms with van der Waals surface area (Å²) in [6.45, 7) is 3.36. The third-order valence-corrected chi connectivity index (χ3v) is 4.54. The lowest BCUT2D eigenvalue weighted by Crippen LogP contribution is -2.54. The predicted octanol–water partition coefficient (Wildman–Crippen LogP) is 2.32. The van der Waals surface area contributed by atoms with Crippen LogP contribution in [0, 0.1) is 5.92 Å². The fraction of sp³-hybridized carbons (Fsp3) is 0.917. The van der Waals surface area contributed by atoms with E-state index in [9.17, 15) is 0 Å². The van der Waals surface area contributed by atoms with Crippen molar-refractivity contribution >= 4 is 17.2 Å². The molecule has 3 atom stereocenters. The molecule has 15 heavy (non-hydrogen) atoms. The Morgan fingerprint density at radius 2 is 1.93 bits per heavy atom. The fourth-order valence-corrected chi connectivity index (χ4v) is 3.44. The van der Waals surface area contributed by atoms with Gasteiger partial charge in [0.1, 0.15) is 0 Å². The van der Waals surface area contributed by atoms with Gasteiger partial charge in [-0.1, -0.05) is 25.1 Å². The van der Waals surface area contributed by atoms with Gasteiger partial charge < -0.3 is 5.73 Å². The minimum Gasteiger partial charge on any atom is -0.392 e. The van der Waals surface area contributed by atoms with Crippen LogP contribution in [0.4, 0.5) is 0 Å². The van der Waals surface area contributed by atoms with E-state index in [0.717, 1.165) is 12.0 Å². The highest BCUT2D eigenvalue weighted by atomic mass is 32.1. The van der Waals surface area contributed by atoms with Crippen LogP contribution in [0.3, 0.4) is 0 Å². The maximum Gasteiger partial charge on any atom is 0.0899 e. The lowest BCUT2D eigenvalue weighted by molar-refractivity contribution is 0.0507. The molecule has 0 spiro atoms. The molecule has 1 heterocycles. The second kappa shape index (κ2) is 4.79. The number of hydrogen-bond acceptors (Lipinski definition) is 2. The zero-order valence-electron chi connectivity index (χ0n) is 9.61. The number of fused-ring (bicyclic) bond motifs is 1. The first kappa shape index (κ1) is 11.3. The summed E-state index contributed by atoms with van der Waals surface area (Å²) in [7, 11) is 0. The van der Waals surface area contributed by atoms with E-state index in [-0.39, 0.29) is 0 Å². The Hall–Kier alpha value is -0.150. The van der Waals surface area contributed by atoms with Crippen molar-refractivity contribution in [2.45, 2.75) is 57.5 Å². The average Bonchev–Trinajstić information content (AvgIpc) is 2.27. The molecule has 0 bridgehead atoms. The van der Waals surface area contributed by atoms with Gasteiger partial charge in [0, 0.05) is 6.04 Å². The Kier molecular flexibility index (Phi) is 3.62. The van der Waals surface area contributed by atoms with Gasteiger partial charge >= 0.3 is 0 Å². The van der Waals surface area contributed by atoms with E-state index < -0.39 is 0 Å². The lowest BCUT2D eigenvalue weighted by Gasteiger charge is -2.46. The smallest absolute Gasteiger partial charge is 0.0899 e. The Morgan fingerprint density at radius 3 is 2.67 bits per heavy atom. The van der Waals surface area contributed by atoms with Gasteiger partial charge in [0.05, 0.1) is 11.0 Å². The zero-order chi connectivity index (χ0) is 10.8. The Bertz CT molecular complexity index is 240. The molecule has 3 unspecified atom stereocenters. The minimum atomic E-state index is 0.297. The van der Waals surface area contributed by atoms with Crippen LogP contribution in [0.15, 0.2) is 0 Å². The third-order valence-electron chi connectivity index (χ3n) is 4.20. The van der Waals surface area contributed by atoms with E-state index in [4.69, 9.17) is 18.0 Å². The first-order valence-corrected chi connectivity index (χ1v) is 6.66. The maximum atomic E-state index is 5.78. The Morgan fingerprint density at radius 1 is 1.27 bits per heavy atom. The first-order chi connectivity index (χ1) is 7.20. The summed E-state index contributed by atoms with van der Waals surface area (Å²) in [4.78, 5) is 3.23. The summed E-state index contributed by atoms with van der Waals surface area (Å²) >= 11 is 5.13. The van der Waals surface area contributed by atoms with E-state index in [2.05, 4.69) is 11.8 Å². The largest absolute Gasteiger partial charge is 0.392 e. The molecule has 0 radical (unpaired) electrons. The number of thiocarbonyl (C=S) groups is 1. The van der Waals surface area contributed by atoms with Gasteiger partial charge in [0.2, 0.25) is 0 Å². The van der Waals surface area contributed by atoms with E-state index >= 15 is 0 Å². The highest BCUT2D eigenvalue weighted by Gasteiger charge is 2.35. The van der Waals surface area contributed by atoms with Gasteiger partial charge in [-0.05, 0) is 45.1 Å². The van der Waals surface area contributed by atoms with E-state index in [1.54, 1.807) is 0 Å². The van der Waals surface area contributed by atoms with Crippen molar-refractivity contribution in [3.05, 3.63) is 0 Å². The van der Waals surface area contributed by atoms with E-state index in [0.29, 0.717) is 11.0 Å². The van der Waals surface area contributed by atoms with E-state index in [1.165, 1.54) is 45.1 Å². The summed E-state index contributed by atoms with van der Waals surface area (Å²) < 4.78 is 0. The molecule has 0 aromatic rings.